The molecule has 0 saturated carbocycles. The highest BCUT2D eigenvalue weighted by Crippen LogP contribution is 2.32. The van der Waals surface area contributed by atoms with Gasteiger partial charge in [-0.3, -0.25) is 4.57 Å². The lowest BCUT2D eigenvalue weighted by Gasteiger charge is -2.16. The molecule has 1 aliphatic heterocycles. The van der Waals surface area contributed by atoms with Crippen LogP contribution in [0.4, 0.5) is 5.82 Å². The van der Waals surface area contributed by atoms with E-state index in [0.717, 1.165) is 16.3 Å². The smallest absolute Gasteiger partial charge is 0.194 e. The van der Waals surface area contributed by atoms with Gasteiger partial charge in [-0.25, -0.2) is 15.0 Å². The quantitative estimate of drug-likeness (QED) is 0.226. The van der Waals surface area contributed by atoms with E-state index in [1.54, 1.807) is 4.57 Å². The Morgan fingerprint density at radius 3 is 2.68 bits per heavy atom. The highest BCUT2D eigenvalue weighted by atomic mass is 127. The summed E-state index contributed by atoms with van der Waals surface area (Å²) in [6, 6.07) is 14.4. The van der Waals surface area contributed by atoms with Crippen molar-refractivity contribution in [1.29, 1.82) is 0 Å². The number of nitrogens with one attached hydrogen (secondary N) is 1. The van der Waals surface area contributed by atoms with E-state index in [-0.39, 0.29) is 0 Å². The van der Waals surface area contributed by atoms with E-state index in [4.69, 9.17) is 4.74 Å². The van der Waals surface area contributed by atoms with Crippen molar-refractivity contribution in [2.75, 3.05) is 11.9 Å². The highest BCUT2D eigenvalue weighted by Gasteiger charge is 2.44. The maximum atomic E-state index is 10.4. The molecule has 2 aromatic heterocycles. The molecule has 160 valence electrons. The lowest BCUT2D eigenvalue weighted by molar-refractivity contribution is -0.0511. The molecule has 1 saturated heterocycles. The van der Waals surface area contributed by atoms with Crippen molar-refractivity contribution in [1.82, 2.24) is 19.5 Å². The molecule has 1 fully saturated rings. The molecule has 2 aromatic carbocycles. The van der Waals surface area contributed by atoms with Crippen molar-refractivity contribution in [2.24, 2.45) is 0 Å². The second-order valence-corrected chi connectivity index (χ2v) is 8.35. The number of ether oxygens (including phenoxy) is 1. The van der Waals surface area contributed by atoms with Crippen molar-refractivity contribution >= 4 is 50.3 Å². The van der Waals surface area contributed by atoms with Gasteiger partial charge >= 0.3 is 0 Å². The predicted molar refractivity (Wildman–Crippen MR) is 122 cm³/mol. The van der Waals surface area contributed by atoms with Crippen LogP contribution in [0.25, 0.3) is 21.9 Å². The highest BCUT2D eigenvalue weighted by molar-refractivity contribution is 14.1. The van der Waals surface area contributed by atoms with Crippen LogP contribution in [0.15, 0.2) is 48.8 Å². The Kier molecular flexibility index (Phi) is 5.48. The molecule has 9 nitrogen and oxygen atoms in total. The summed E-state index contributed by atoms with van der Waals surface area (Å²) in [5.41, 5.74) is 2.12. The normalized spacial score (nSPS) is 23.6. The minimum atomic E-state index is -1.21. The van der Waals surface area contributed by atoms with E-state index in [9.17, 15) is 15.3 Å². The summed E-state index contributed by atoms with van der Waals surface area (Å²) in [6.45, 7) is 0.149. The van der Waals surface area contributed by atoms with Gasteiger partial charge in [-0.2, -0.15) is 0 Å². The fraction of sp³-hybridized carbons (Fsp3) is 0.286. The number of benzene rings is 2. The number of rotatable bonds is 5. The number of aliphatic hydroxyl groups is 3. The number of nitrogens with zero attached hydrogens (tertiary/aromatic N) is 4. The molecule has 3 heterocycles. The van der Waals surface area contributed by atoms with Crippen LogP contribution >= 0.6 is 22.6 Å². The third kappa shape index (κ3) is 3.64. The zero-order valence-electron chi connectivity index (χ0n) is 16.3. The van der Waals surface area contributed by atoms with Gasteiger partial charge < -0.3 is 25.4 Å². The fourth-order valence-corrected chi connectivity index (χ4v) is 4.40. The maximum absolute atomic E-state index is 10.4. The molecule has 4 N–H and O–H groups in total. The van der Waals surface area contributed by atoms with Gasteiger partial charge in [0.2, 0.25) is 0 Å². The summed E-state index contributed by atoms with van der Waals surface area (Å²) in [7, 11) is 0. The first-order valence-electron chi connectivity index (χ1n) is 9.80. The molecule has 0 amide bonds. The molecule has 0 unspecified atom stereocenters. The van der Waals surface area contributed by atoms with E-state index in [1.807, 2.05) is 40.8 Å². The molecule has 0 spiro atoms. The SMILES string of the molecule is OC[C@H]1O[C@@H](n2cnc3c(NCc4cccc5ccccc45)nc(I)nc32)[C@H](O)[C@@H]1O. The van der Waals surface area contributed by atoms with Crippen LogP contribution in [0.5, 0.6) is 0 Å². The van der Waals surface area contributed by atoms with Gasteiger partial charge in [-0.1, -0.05) is 42.5 Å². The molecule has 1 aliphatic rings. The maximum Gasteiger partial charge on any atom is 0.194 e. The van der Waals surface area contributed by atoms with Crippen LogP contribution in [0.1, 0.15) is 11.8 Å². The van der Waals surface area contributed by atoms with Gasteiger partial charge in [-0.05, 0) is 16.3 Å². The number of hydrogen-bond donors (Lipinski definition) is 4. The zero-order valence-corrected chi connectivity index (χ0v) is 18.4. The number of halogens is 1. The van der Waals surface area contributed by atoms with Crippen molar-refractivity contribution in [3.63, 3.8) is 0 Å². The number of hydrogen-bond acceptors (Lipinski definition) is 8. The van der Waals surface area contributed by atoms with Crippen molar-refractivity contribution < 1.29 is 20.1 Å². The number of anilines is 1. The number of imidazole rings is 1. The number of aliphatic hydroxyl groups excluding tert-OH is 3. The molecule has 31 heavy (non-hydrogen) atoms. The predicted octanol–water partition coefficient (Wildman–Crippen LogP) is 1.81. The molecule has 4 aromatic rings. The molecule has 5 rings (SSSR count). The summed E-state index contributed by atoms with van der Waals surface area (Å²) in [6.07, 6.45) is -2.69. The van der Waals surface area contributed by atoms with Crippen LogP contribution in [-0.4, -0.2) is 59.8 Å². The minimum absolute atomic E-state index is 0.397. The van der Waals surface area contributed by atoms with E-state index in [0.29, 0.717) is 27.4 Å². The lowest BCUT2D eigenvalue weighted by Crippen LogP contribution is -2.33. The van der Waals surface area contributed by atoms with Crippen LogP contribution in [-0.2, 0) is 11.3 Å². The van der Waals surface area contributed by atoms with Gasteiger partial charge in [0.1, 0.15) is 18.3 Å². The Morgan fingerprint density at radius 1 is 1.06 bits per heavy atom. The molecule has 4 atom stereocenters. The first-order valence-corrected chi connectivity index (χ1v) is 10.9. The average molecular weight is 533 g/mol. The minimum Gasteiger partial charge on any atom is -0.394 e. The van der Waals surface area contributed by atoms with Gasteiger partial charge in [0.25, 0.3) is 0 Å². The largest absolute Gasteiger partial charge is 0.394 e. The van der Waals surface area contributed by atoms with Gasteiger partial charge in [0, 0.05) is 29.1 Å². The van der Waals surface area contributed by atoms with Gasteiger partial charge in [0.15, 0.2) is 27.0 Å². The number of fused-ring (bicyclic) bond motifs is 2. The van der Waals surface area contributed by atoms with Crippen LogP contribution in [0.3, 0.4) is 0 Å². The van der Waals surface area contributed by atoms with E-state index in [2.05, 4.69) is 44.5 Å². The van der Waals surface area contributed by atoms with Crippen molar-refractivity contribution in [3.8, 4) is 0 Å². The Balaban J connectivity index is 1.48. The zero-order chi connectivity index (χ0) is 21.5. The van der Waals surface area contributed by atoms with E-state index >= 15 is 0 Å². The monoisotopic (exact) mass is 533 g/mol. The summed E-state index contributed by atoms with van der Waals surface area (Å²) >= 11 is 2.02. The summed E-state index contributed by atoms with van der Waals surface area (Å²) in [4.78, 5) is 13.4. The molecule has 10 heteroatoms. The average Bonchev–Trinajstić information content (AvgIpc) is 3.32. The second kappa shape index (κ2) is 8.28. The van der Waals surface area contributed by atoms with Gasteiger partial charge in [0.05, 0.1) is 12.9 Å². The van der Waals surface area contributed by atoms with E-state index in [1.165, 1.54) is 6.33 Å². The van der Waals surface area contributed by atoms with Crippen LogP contribution in [0.2, 0.25) is 0 Å². The lowest BCUT2D eigenvalue weighted by atomic mass is 10.0. The molecule has 0 aliphatic carbocycles. The van der Waals surface area contributed by atoms with Crippen molar-refractivity contribution in [2.45, 2.75) is 31.1 Å². The number of aromatic nitrogens is 4. The third-order valence-corrected chi connectivity index (χ3v) is 5.99. The molecular weight excluding hydrogens is 513 g/mol. The third-order valence-electron chi connectivity index (χ3n) is 5.51. The fourth-order valence-electron chi connectivity index (χ4n) is 3.93. The first kappa shape index (κ1) is 20.5. The summed E-state index contributed by atoms with van der Waals surface area (Å²) in [5, 5.41) is 35.5. The Labute approximate surface area is 190 Å². The van der Waals surface area contributed by atoms with Crippen molar-refractivity contribution in [3.05, 3.63) is 58.2 Å². The summed E-state index contributed by atoms with van der Waals surface area (Å²) < 4.78 is 7.69. The molecule has 0 bridgehead atoms. The van der Waals surface area contributed by atoms with Crippen LogP contribution in [0, 0.1) is 3.83 Å². The van der Waals surface area contributed by atoms with E-state index < -0.39 is 31.1 Å². The standard InChI is InChI=1S/C21H20IN5O4/c22-21-25-18(23-8-12-6-3-5-11-4-1-2-7-13(11)12)15-19(26-21)27(10-24-15)20-17(30)16(29)14(9-28)31-20/h1-7,10,14,16-17,20,28-30H,8-9H2,(H,23,25,26)/t14-,16-,17-,20-/m1/s1. The molecular formula is C21H20IN5O4. The first-order chi connectivity index (χ1) is 15.1. The Bertz CT molecular complexity index is 1240. The van der Waals surface area contributed by atoms with Gasteiger partial charge in [-0.15, -0.1) is 0 Å². The molecule has 0 radical (unpaired) electrons. The van der Waals surface area contributed by atoms with Crippen LogP contribution < -0.4 is 5.32 Å². The summed E-state index contributed by atoms with van der Waals surface area (Å²) in [5.74, 6) is 0.563. The topological polar surface area (TPSA) is 126 Å². The Hall–Kier alpha value is -2.38. The Morgan fingerprint density at radius 2 is 1.87 bits per heavy atom. The second-order valence-electron chi connectivity index (χ2n) is 7.39.